The molecule has 88 valence electrons. The van der Waals surface area contributed by atoms with Gasteiger partial charge in [0.15, 0.2) is 5.25 Å². The first kappa shape index (κ1) is 12.4. The van der Waals surface area contributed by atoms with Crippen LogP contribution >= 0.6 is 0 Å². The molecule has 0 aromatic heterocycles. The summed E-state index contributed by atoms with van der Waals surface area (Å²) in [4.78, 5) is 11.2. The van der Waals surface area contributed by atoms with Crippen LogP contribution in [0.1, 0.15) is 26.2 Å². The summed E-state index contributed by atoms with van der Waals surface area (Å²) in [6.45, 7) is 2.41. The van der Waals surface area contributed by atoms with E-state index in [1.807, 2.05) is 0 Å². The van der Waals surface area contributed by atoms with Crippen LogP contribution in [0.5, 0.6) is 0 Å². The number of ether oxygens (including phenoxy) is 1. The number of esters is 1. The van der Waals surface area contributed by atoms with Crippen LogP contribution in [-0.2, 0) is 19.6 Å². The number of nitrogens with zero attached hydrogens (tertiary/aromatic N) is 1. The second-order valence-electron chi connectivity index (χ2n) is 3.67. The lowest BCUT2D eigenvalue weighted by molar-refractivity contribution is -0.139. The van der Waals surface area contributed by atoms with Gasteiger partial charge in [-0.3, -0.25) is 4.79 Å². The minimum Gasteiger partial charge on any atom is -0.468 e. The monoisotopic (exact) mass is 235 g/mol. The molecular formula is C9H17NO4S. The first-order valence-electron chi connectivity index (χ1n) is 5.07. The van der Waals surface area contributed by atoms with E-state index < -0.39 is 21.2 Å². The van der Waals surface area contributed by atoms with E-state index in [0.29, 0.717) is 13.1 Å². The van der Waals surface area contributed by atoms with Crippen molar-refractivity contribution in [3.8, 4) is 0 Å². The molecule has 0 amide bonds. The Morgan fingerprint density at radius 3 is 2.27 bits per heavy atom. The Bertz CT molecular complexity index is 319. The van der Waals surface area contributed by atoms with Crippen LogP contribution in [0.3, 0.4) is 0 Å². The third-order valence-electron chi connectivity index (χ3n) is 2.65. The van der Waals surface area contributed by atoms with Crippen LogP contribution in [-0.4, -0.2) is 44.1 Å². The zero-order valence-corrected chi connectivity index (χ0v) is 9.92. The zero-order valence-electron chi connectivity index (χ0n) is 9.10. The highest BCUT2D eigenvalue weighted by Crippen LogP contribution is 2.17. The second-order valence-corrected chi connectivity index (χ2v) is 5.92. The van der Waals surface area contributed by atoms with Crippen LogP contribution in [0, 0.1) is 0 Å². The van der Waals surface area contributed by atoms with Crippen molar-refractivity contribution in [3.63, 3.8) is 0 Å². The largest absolute Gasteiger partial charge is 0.468 e. The summed E-state index contributed by atoms with van der Waals surface area (Å²) >= 11 is 0. The van der Waals surface area contributed by atoms with E-state index in [0.717, 1.165) is 19.3 Å². The van der Waals surface area contributed by atoms with E-state index in [2.05, 4.69) is 4.74 Å². The SMILES string of the molecule is COC(=O)C(C)S(=O)(=O)N1CCCCC1. The van der Waals surface area contributed by atoms with Crippen LogP contribution in [0.2, 0.25) is 0 Å². The first-order valence-corrected chi connectivity index (χ1v) is 6.57. The van der Waals surface area contributed by atoms with Crippen LogP contribution < -0.4 is 0 Å². The van der Waals surface area contributed by atoms with Crippen molar-refractivity contribution in [3.05, 3.63) is 0 Å². The summed E-state index contributed by atoms with van der Waals surface area (Å²) in [5, 5.41) is -1.10. The highest BCUT2D eigenvalue weighted by Gasteiger charge is 2.34. The third-order valence-corrected chi connectivity index (χ3v) is 4.83. The smallest absolute Gasteiger partial charge is 0.325 e. The molecule has 1 unspecified atom stereocenters. The highest BCUT2D eigenvalue weighted by atomic mass is 32.2. The van der Waals surface area contributed by atoms with Crippen LogP contribution in [0.25, 0.3) is 0 Å². The lowest BCUT2D eigenvalue weighted by atomic mass is 10.2. The summed E-state index contributed by atoms with van der Waals surface area (Å²) in [5.74, 6) is -0.694. The molecule has 0 bridgehead atoms. The fourth-order valence-electron chi connectivity index (χ4n) is 1.63. The maximum absolute atomic E-state index is 11.9. The number of carbonyl (C=O) groups excluding carboxylic acids is 1. The molecule has 0 aliphatic carbocycles. The lowest BCUT2D eigenvalue weighted by Gasteiger charge is -2.27. The molecule has 15 heavy (non-hydrogen) atoms. The van der Waals surface area contributed by atoms with Gasteiger partial charge in [0.25, 0.3) is 0 Å². The van der Waals surface area contributed by atoms with Crippen molar-refractivity contribution in [2.45, 2.75) is 31.4 Å². The molecule has 1 rings (SSSR count). The molecule has 1 aliphatic heterocycles. The molecule has 6 heteroatoms. The third kappa shape index (κ3) is 2.69. The molecule has 1 saturated heterocycles. The summed E-state index contributed by atoms with van der Waals surface area (Å²) in [7, 11) is -2.32. The number of methoxy groups -OCH3 is 1. The van der Waals surface area contributed by atoms with Gasteiger partial charge in [0.1, 0.15) is 0 Å². The van der Waals surface area contributed by atoms with Gasteiger partial charge in [-0.15, -0.1) is 0 Å². The number of sulfonamides is 1. The minimum absolute atomic E-state index is 0.518. The van der Waals surface area contributed by atoms with E-state index >= 15 is 0 Å². The molecule has 0 aromatic rings. The molecule has 0 N–H and O–H groups in total. The van der Waals surface area contributed by atoms with Gasteiger partial charge < -0.3 is 4.74 Å². The summed E-state index contributed by atoms with van der Waals surface area (Å²) in [6.07, 6.45) is 2.79. The Morgan fingerprint density at radius 1 is 1.27 bits per heavy atom. The summed E-state index contributed by atoms with van der Waals surface area (Å²) < 4.78 is 29.7. The van der Waals surface area contributed by atoms with E-state index in [9.17, 15) is 13.2 Å². The van der Waals surface area contributed by atoms with Crippen molar-refractivity contribution in [1.82, 2.24) is 4.31 Å². The van der Waals surface area contributed by atoms with E-state index in [-0.39, 0.29) is 0 Å². The van der Waals surface area contributed by atoms with Gasteiger partial charge in [0, 0.05) is 13.1 Å². The van der Waals surface area contributed by atoms with Gasteiger partial charge in [-0.05, 0) is 19.8 Å². The van der Waals surface area contributed by atoms with Gasteiger partial charge in [-0.2, -0.15) is 0 Å². The van der Waals surface area contributed by atoms with Gasteiger partial charge >= 0.3 is 5.97 Å². The van der Waals surface area contributed by atoms with Gasteiger partial charge in [0.2, 0.25) is 10.0 Å². The van der Waals surface area contributed by atoms with Crippen LogP contribution in [0.4, 0.5) is 0 Å². The number of hydrogen-bond acceptors (Lipinski definition) is 4. The Balaban J connectivity index is 2.76. The number of rotatable bonds is 3. The molecule has 1 heterocycles. The molecule has 0 radical (unpaired) electrons. The predicted octanol–water partition coefficient (Wildman–Crippen LogP) is 0.364. The number of carbonyl (C=O) groups is 1. The number of hydrogen-bond donors (Lipinski definition) is 0. The predicted molar refractivity (Wildman–Crippen MR) is 55.8 cm³/mol. The maximum atomic E-state index is 11.9. The fourth-order valence-corrected chi connectivity index (χ4v) is 3.18. The fraction of sp³-hybridized carbons (Fsp3) is 0.889. The van der Waals surface area contributed by atoms with Gasteiger partial charge in [-0.25, -0.2) is 12.7 Å². The van der Waals surface area contributed by atoms with Crippen molar-refractivity contribution in [2.75, 3.05) is 20.2 Å². The summed E-state index contributed by atoms with van der Waals surface area (Å²) in [6, 6.07) is 0. The average molecular weight is 235 g/mol. The Morgan fingerprint density at radius 2 is 1.80 bits per heavy atom. The normalized spacial score (nSPS) is 20.9. The quantitative estimate of drug-likeness (QED) is 0.663. The molecule has 1 atom stereocenters. The second kappa shape index (κ2) is 4.94. The van der Waals surface area contributed by atoms with Crippen LogP contribution in [0.15, 0.2) is 0 Å². The molecule has 1 aliphatic rings. The molecule has 5 nitrogen and oxygen atoms in total. The zero-order chi connectivity index (χ0) is 11.5. The van der Waals surface area contributed by atoms with E-state index in [1.54, 1.807) is 0 Å². The van der Waals surface area contributed by atoms with Gasteiger partial charge in [0.05, 0.1) is 7.11 Å². The molecule has 1 fully saturated rings. The summed E-state index contributed by atoms with van der Waals surface area (Å²) in [5.41, 5.74) is 0. The molecule has 0 spiro atoms. The van der Waals surface area contributed by atoms with Crippen molar-refractivity contribution in [2.24, 2.45) is 0 Å². The lowest BCUT2D eigenvalue weighted by Crippen LogP contribution is -2.43. The van der Waals surface area contributed by atoms with E-state index in [1.165, 1.54) is 18.3 Å². The molecule has 0 aromatic carbocycles. The van der Waals surface area contributed by atoms with Crippen molar-refractivity contribution < 1.29 is 17.9 Å². The Kier molecular flexibility index (Phi) is 4.10. The van der Waals surface area contributed by atoms with E-state index in [4.69, 9.17) is 0 Å². The van der Waals surface area contributed by atoms with Crippen molar-refractivity contribution in [1.29, 1.82) is 0 Å². The average Bonchev–Trinajstić information content (AvgIpc) is 2.28. The van der Waals surface area contributed by atoms with Crippen molar-refractivity contribution >= 4 is 16.0 Å². The van der Waals surface area contributed by atoms with Gasteiger partial charge in [-0.1, -0.05) is 6.42 Å². The Labute approximate surface area is 90.4 Å². The highest BCUT2D eigenvalue weighted by molar-refractivity contribution is 7.90. The maximum Gasteiger partial charge on any atom is 0.325 e. The topological polar surface area (TPSA) is 63.7 Å². The Hall–Kier alpha value is -0.620. The minimum atomic E-state index is -3.51. The first-order chi connectivity index (χ1) is 7.00. The standard InChI is InChI=1S/C9H17NO4S/c1-8(9(11)14-2)15(12,13)10-6-4-3-5-7-10/h8H,3-7H2,1-2H3. The molecule has 0 saturated carbocycles. The number of piperidine rings is 1. The molecular weight excluding hydrogens is 218 g/mol.